The summed E-state index contributed by atoms with van der Waals surface area (Å²) in [5.41, 5.74) is 0.928. The van der Waals surface area contributed by atoms with Crippen LogP contribution in [-0.4, -0.2) is 34.9 Å². The summed E-state index contributed by atoms with van der Waals surface area (Å²) in [6.45, 7) is 12.4. The van der Waals surface area contributed by atoms with Crippen molar-refractivity contribution in [3.05, 3.63) is 71.8 Å². The molecule has 2 rings (SSSR count). The highest BCUT2D eigenvalue weighted by Gasteiger charge is 2.36. The summed E-state index contributed by atoms with van der Waals surface area (Å²) < 4.78 is 11.2. The molecule has 2 aromatic carbocycles. The molecule has 166 valence electrons. The van der Waals surface area contributed by atoms with Crippen LogP contribution in [0, 0.1) is 5.92 Å². The molecule has 0 aliphatic heterocycles. The van der Waals surface area contributed by atoms with Gasteiger partial charge in [0.1, 0.15) is 11.2 Å². The molecule has 5 heteroatoms. The van der Waals surface area contributed by atoms with Crippen LogP contribution in [0.15, 0.2) is 65.7 Å². The molecular weight excluding hydrogens is 390 g/mol. The molecule has 0 bridgehead atoms. The third-order valence-electron chi connectivity index (χ3n) is 4.26. The van der Waals surface area contributed by atoms with E-state index < -0.39 is 35.1 Å². The van der Waals surface area contributed by atoms with Crippen LogP contribution in [0.1, 0.15) is 59.6 Å². The van der Waals surface area contributed by atoms with Crippen LogP contribution >= 0.6 is 0 Å². The minimum absolute atomic E-state index is 0.493. The predicted molar refractivity (Wildman–Crippen MR) is 123 cm³/mol. The number of ether oxygens (including phenoxy) is 2. The first-order valence-electron chi connectivity index (χ1n) is 10.5. The van der Waals surface area contributed by atoms with E-state index in [2.05, 4.69) is 0 Å². The zero-order valence-electron chi connectivity index (χ0n) is 19.5. The first kappa shape index (κ1) is 24.3. The molecule has 0 radical (unpaired) electrons. The van der Waals surface area contributed by atoms with Gasteiger partial charge in [-0.2, -0.15) is 0 Å². The Hall–Kier alpha value is -2.95. The van der Waals surface area contributed by atoms with Crippen molar-refractivity contribution < 1.29 is 19.1 Å². The van der Waals surface area contributed by atoms with Crippen LogP contribution in [0.25, 0.3) is 0 Å². The van der Waals surface area contributed by atoms with Gasteiger partial charge >= 0.3 is 11.9 Å². The summed E-state index contributed by atoms with van der Waals surface area (Å²) in [5, 5.41) is 0. The van der Waals surface area contributed by atoms with Crippen LogP contribution < -0.4 is 0 Å². The molecule has 0 N–H and O–H groups in total. The van der Waals surface area contributed by atoms with E-state index in [0.29, 0.717) is 5.71 Å². The Kier molecular flexibility index (Phi) is 7.77. The number of benzene rings is 2. The van der Waals surface area contributed by atoms with E-state index in [-0.39, 0.29) is 0 Å². The van der Waals surface area contributed by atoms with Gasteiger partial charge in [-0.3, -0.25) is 9.79 Å². The molecule has 2 aromatic rings. The molecule has 2 atom stereocenters. The van der Waals surface area contributed by atoms with E-state index in [0.717, 1.165) is 11.1 Å². The molecule has 0 aromatic heterocycles. The lowest BCUT2D eigenvalue weighted by Crippen LogP contribution is -2.40. The summed E-state index contributed by atoms with van der Waals surface area (Å²) >= 11 is 0. The van der Waals surface area contributed by atoms with Gasteiger partial charge in [0.25, 0.3) is 0 Å². The van der Waals surface area contributed by atoms with E-state index >= 15 is 0 Å². The summed E-state index contributed by atoms with van der Waals surface area (Å²) in [6, 6.07) is 18.1. The molecule has 0 spiro atoms. The maximum atomic E-state index is 13.1. The Morgan fingerprint density at radius 3 is 1.48 bits per heavy atom. The highest BCUT2D eigenvalue weighted by atomic mass is 16.6. The van der Waals surface area contributed by atoms with E-state index in [1.165, 1.54) is 0 Å². The van der Waals surface area contributed by atoms with Crippen molar-refractivity contribution in [1.29, 1.82) is 0 Å². The highest BCUT2D eigenvalue weighted by Crippen LogP contribution is 2.22. The van der Waals surface area contributed by atoms with Gasteiger partial charge in [0, 0.05) is 11.1 Å². The summed E-state index contributed by atoms with van der Waals surface area (Å²) in [6.07, 6.45) is 0. The minimum atomic E-state index is -1.05. The second kappa shape index (κ2) is 9.90. The Balaban J connectivity index is 2.57. The molecule has 0 aliphatic carbocycles. The SMILES string of the molecule is C[C@H](C(=O)OC(C)(C)C)[C@@H](N=C(c1ccccc1)c1ccccc1)C(=O)OC(C)(C)C. The number of rotatable bonds is 6. The Morgan fingerprint density at radius 1 is 0.710 bits per heavy atom. The number of aliphatic imine (C=N–C) groups is 1. The van der Waals surface area contributed by atoms with E-state index in [1.807, 2.05) is 60.7 Å². The number of hydrogen-bond donors (Lipinski definition) is 0. The first-order chi connectivity index (χ1) is 14.4. The Morgan fingerprint density at radius 2 is 1.10 bits per heavy atom. The van der Waals surface area contributed by atoms with Crippen LogP contribution in [0.4, 0.5) is 0 Å². The number of hydrogen-bond acceptors (Lipinski definition) is 5. The van der Waals surface area contributed by atoms with Crippen LogP contribution in [-0.2, 0) is 19.1 Å². The monoisotopic (exact) mass is 423 g/mol. The van der Waals surface area contributed by atoms with Gasteiger partial charge in [-0.15, -0.1) is 0 Å². The molecule has 0 heterocycles. The smallest absolute Gasteiger partial charge is 0.332 e. The van der Waals surface area contributed by atoms with Gasteiger partial charge in [-0.05, 0) is 48.5 Å². The molecule has 0 aliphatic rings. The van der Waals surface area contributed by atoms with Crippen LogP contribution in [0.5, 0.6) is 0 Å². The van der Waals surface area contributed by atoms with Crippen molar-refractivity contribution in [3.8, 4) is 0 Å². The van der Waals surface area contributed by atoms with Gasteiger partial charge in [0.05, 0.1) is 11.6 Å². The molecular formula is C26H33NO4. The summed E-state index contributed by atoms with van der Waals surface area (Å²) in [7, 11) is 0. The van der Waals surface area contributed by atoms with Crippen molar-refractivity contribution in [2.24, 2.45) is 10.9 Å². The minimum Gasteiger partial charge on any atom is -0.460 e. The Labute approximate surface area is 185 Å². The molecule has 0 amide bonds. The zero-order valence-corrected chi connectivity index (χ0v) is 19.5. The van der Waals surface area contributed by atoms with Crippen LogP contribution in [0.3, 0.4) is 0 Å². The largest absolute Gasteiger partial charge is 0.460 e. The van der Waals surface area contributed by atoms with Gasteiger partial charge in [-0.1, -0.05) is 60.7 Å². The molecule has 5 nitrogen and oxygen atoms in total. The normalized spacial score (nSPS) is 13.6. The maximum Gasteiger partial charge on any atom is 0.332 e. The molecule has 0 saturated heterocycles. The second-order valence-corrected chi connectivity index (χ2v) is 9.51. The molecule has 0 fully saturated rings. The number of carbonyl (C=O) groups is 2. The molecule has 0 saturated carbocycles. The number of esters is 2. The van der Waals surface area contributed by atoms with Crippen molar-refractivity contribution >= 4 is 17.7 Å². The third-order valence-corrected chi connectivity index (χ3v) is 4.26. The lowest BCUT2D eigenvalue weighted by Gasteiger charge is -2.27. The standard InChI is InChI=1S/C26H33NO4/c1-18(23(28)30-25(2,3)4)21(24(29)31-26(5,6)7)27-22(19-14-10-8-11-15-19)20-16-12-9-13-17-20/h8-18,21H,1-7H3/t18-,21+/m0/s1. The van der Waals surface area contributed by atoms with Gasteiger partial charge in [-0.25, -0.2) is 4.79 Å². The number of carbonyl (C=O) groups excluding carboxylic acids is 2. The van der Waals surface area contributed by atoms with Crippen molar-refractivity contribution in [2.45, 2.75) is 65.7 Å². The van der Waals surface area contributed by atoms with E-state index in [9.17, 15) is 9.59 Å². The number of nitrogens with zero attached hydrogens (tertiary/aromatic N) is 1. The van der Waals surface area contributed by atoms with Crippen molar-refractivity contribution in [2.75, 3.05) is 0 Å². The van der Waals surface area contributed by atoms with Gasteiger partial charge in [0.15, 0.2) is 6.04 Å². The quantitative estimate of drug-likeness (QED) is 0.472. The van der Waals surface area contributed by atoms with Crippen LogP contribution in [0.2, 0.25) is 0 Å². The van der Waals surface area contributed by atoms with Crippen molar-refractivity contribution in [3.63, 3.8) is 0 Å². The third kappa shape index (κ3) is 7.67. The maximum absolute atomic E-state index is 13.1. The molecule has 0 unspecified atom stereocenters. The lowest BCUT2D eigenvalue weighted by molar-refractivity contribution is -0.168. The Bertz CT molecular complexity index is 864. The highest BCUT2D eigenvalue weighted by molar-refractivity contribution is 6.13. The van der Waals surface area contributed by atoms with Gasteiger partial charge in [0.2, 0.25) is 0 Å². The molecule has 31 heavy (non-hydrogen) atoms. The fourth-order valence-corrected chi connectivity index (χ4v) is 2.90. The fourth-order valence-electron chi connectivity index (χ4n) is 2.90. The average molecular weight is 424 g/mol. The topological polar surface area (TPSA) is 65.0 Å². The summed E-state index contributed by atoms with van der Waals surface area (Å²) in [4.78, 5) is 30.7. The predicted octanol–water partition coefficient (Wildman–Crippen LogP) is 5.21. The van der Waals surface area contributed by atoms with Gasteiger partial charge < -0.3 is 9.47 Å². The summed E-state index contributed by atoms with van der Waals surface area (Å²) in [5.74, 6) is -1.88. The lowest BCUT2D eigenvalue weighted by atomic mass is 9.98. The van der Waals surface area contributed by atoms with E-state index in [4.69, 9.17) is 14.5 Å². The fraction of sp³-hybridized carbons (Fsp3) is 0.423. The van der Waals surface area contributed by atoms with E-state index in [1.54, 1.807) is 48.5 Å². The first-order valence-corrected chi connectivity index (χ1v) is 10.5. The van der Waals surface area contributed by atoms with Crippen molar-refractivity contribution in [1.82, 2.24) is 0 Å². The average Bonchev–Trinajstić information content (AvgIpc) is 2.67. The second-order valence-electron chi connectivity index (χ2n) is 9.51. The zero-order chi connectivity index (χ0) is 23.2.